The van der Waals surface area contributed by atoms with Crippen LogP contribution >= 0.6 is 0 Å². The van der Waals surface area contributed by atoms with Crippen molar-refractivity contribution >= 4 is 18.1 Å². The van der Waals surface area contributed by atoms with Crippen molar-refractivity contribution in [1.29, 1.82) is 0 Å². The third-order valence-corrected chi connectivity index (χ3v) is 2.37. The average Bonchev–Trinajstić information content (AvgIpc) is 2.67. The van der Waals surface area contributed by atoms with Crippen LogP contribution in [0.5, 0.6) is 0 Å². The molecular formula is C9H10N4. The number of fused-ring (bicyclic) bond motifs is 3. The zero-order valence-corrected chi connectivity index (χ0v) is 7.07. The zero-order valence-electron chi connectivity index (χ0n) is 7.07. The highest BCUT2D eigenvalue weighted by molar-refractivity contribution is 5.68. The predicted octanol–water partition coefficient (Wildman–Crippen LogP) is 0.806. The first kappa shape index (κ1) is 6.91. The first-order valence-corrected chi connectivity index (χ1v) is 4.33. The summed E-state index contributed by atoms with van der Waals surface area (Å²) in [7, 11) is 0. The number of hydrogen-bond donors (Lipinski definition) is 2. The van der Waals surface area contributed by atoms with E-state index >= 15 is 0 Å². The fraction of sp³-hybridized carbons (Fsp3) is 0.222. The molecule has 3 heterocycles. The van der Waals surface area contributed by atoms with Crippen molar-refractivity contribution in [1.82, 2.24) is 9.55 Å². The van der Waals surface area contributed by atoms with Crippen LogP contribution in [0.1, 0.15) is 17.6 Å². The number of anilines is 1. The van der Waals surface area contributed by atoms with E-state index in [1.54, 1.807) is 0 Å². The van der Waals surface area contributed by atoms with Crippen LogP contribution in [-0.4, -0.2) is 16.1 Å². The van der Waals surface area contributed by atoms with E-state index in [1.807, 2.05) is 22.9 Å². The molecule has 0 amide bonds. The number of rotatable bonds is 0. The number of nitrogens with one attached hydrogen (secondary N) is 1. The van der Waals surface area contributed by atoms with E-state index in [9.17, 15) is 0 Å². The standard InChI is InChI=1S/C9H10N4/c10-6-3-5-13-8(6)12-7-2-1-4-11-9(7)13/h1-3,5-6,11H,4,10H2. The Balaban J connectivity index is 2.24. The number of aromatic nitrogens is 2. The molecule has 0 fully saturated rings. The lowest BCUT2D eigenvalue weighted by atomic mass is 10.3. The molecule has 0 saturated heterocycles. The number of imidazole rings is 1. The zero-order chi connectivity index (χ0) is 8.84. The highest BCUT2D eigenvalue weighted by atomic mass is 15.2. The summed E-state index contributed by atoms with van der Waals surface area (Å²) in [5.41, 5.74) is 6.82. The SMILES string of the molecule is NC1C=Cn2c1nc1c2NCC=C1. The largest absolute Gasteiger partial charge is 0.366 e. The Hall–Kier alpha value is -1.55. The smallest absolute Gasteiger partial charge is 0.138 e. The minimum atomic E-state index is -0.0548. The van der Waals surface area contributed by atoms with Crippen molar-refractivity contribution < 1.29 is 0 Å². The van der Waals surface area contributed by atoms with Crippen molar-refractivity contribution in [2.24, 2.45) is 5.73 Å². The summed E-state index contributed by atoms with van der Waals surface area (Å²) in [5.74, 6) is 1.98. The van der Waals surface area contributed by atoms with Crippen LogP contribution in [-0.2, 0) is 0 Å². The molecule has 0 aromatic carbocycles. The van der Waals surface area contributed by atoms with Gasteiger partial charge in [-0.15, -0.1) is 0 Å². The molecule has 2 aliphatic heterocycles. The van der Waals surface area contributed by atoms with E-state index in [0.29, 0.717) is 0 Å². The molecule has 13 heavy (non-hydrogen) atoms. The Morgan fingerprint density at radius 3 is 3.46 bits per heavy atom. The predicted molar refractivity (Wildman–Crippen MR) is 52.0 cm³/mol. The van der Waals surface area contributed by atoms with Gasteiger partial charge in [-0.25, -0.2) is 4.98 Å². The van der Waals surface area contributed by atoms with Gasteiger partial charge in [0.15, 0.2) is 0 Å². The summed E-state index contributed by atoms with van der Waals surface area (Å²) in [6, 6.07) is -0.0548. The van der Waals surface area contributed by atoms with Crippen LogP contribution < -0.4 is 11.1 Å². The van der Waals surface area contributed by atoms with E-state index in [0.717, 1.165) is 23.9 Å². The van der Waals surface area contributed by atoms with Crippen molar-refractivity contribution in [3.63, 3.8) is 0 Å². The van der Waals surface area contributed by atoms with E-state index < -0.39 is 0 Å². The molecule has 1 unspecified atom stereocenters. The quantitative estimate of drug-likeness (QED) is 0.611. The molecule has 1 atom stereocenters. The second-order valence-electron chi connectivity index (χ2n) is 3.22. The maximum atomic E-state index is 5.84. The fourth-order valence-electron chi connectivity index (χ4n) is 1.74. The third-order valence-electron chi connectivity index (χ3n) is 2.37. The molecule has 3 rings (SSSR count). The summed E-state index contributed by atoms with van der Waals surface area (Å²) in [6.07, 6.45) is 8.00. The summed E-state index contributed by atoms with van der Waals surface area (Å²) < 4.78 is 2.02. The summed E-state index contributed by atoms with van der Waals surface area (Å²) in [5, 5.41) is 3.27. The van der Waals surface area contributed by atoms with E-state index in [1.165, 1.54) is 0 Å². The minimum absolute atomic E-state index is 0.0548. The van der Waals surface area contributed by atoms with Gasteiger partial charge in [-0.05, 0) is 12.2 Å². The highest BCUT2D eigenvalue weighted by Gasteiger charge is 2.22. The van der Waals surface area contributed by atoms with Gasteiger partial charge in [-0.2, -0.15) is 0 Å². The topological polar surface area (TPSA) is 55.9 Å². The van der Waals surface area contributed by atoms with Crippen LogP contribution in [0.2, 0.25) is 0 Å². The fourth-order valence-corrected chi connectivity index (χ4v) is 1.74. The molecule has 66 valence electrons. The van der Waals surface area contributed by atoms with Crippen molar-refractivity contribution in [2.45, 2.75) is 6.04 Å². The maximum absolute atomic E-state index is 5.84. The van der Waals surface area contributed by atoms with Gasteiger partial charge in [0.1, 0.15) is 17.3 Å². The molecule has 4 nitrogen and oxygen atoms in total. The highest BCUT2D eigenvalue weighted by Crippen LogP contribution is 2.29. The second kappa shape index (κ2) is 2.23. The van der Waals surface area contributed by atoms with Crippen LogP contribution in [0.4, 0.5) is 5.82 Å². The van der Waals surface area contributed by atoms with Crippen molar-refractivity contribution in [2.75, 3.05) is 11.9 Å². The van der Waals surface area contributed by atoms with E-state index in [-0.39, 0.29) is 6.04 Å². The van der Waals surface area contributed by atoms with Crippen LogP contribution in [0.25, 0.3) is 12.3 Å². The normalized spacial score (nSPS) is 22.7. The Bertz CT molecular complexity index is 413. The van der Waals surface area contributed by atoms with Crippen LogP contribution in [0.3, 0.4) is 0 Å². The van der Waals surface area contributed by atoms with Gasteiger partial charge in [0.2, 0.25) is 0 Å². The Morgan fingerprint density at radius 2 is 2.54 bits per heavy atom. The lowest BCUT2D eigenvalue weighted by Crippen LogP contribution is -2.08. The third kappa shape index (κ3) is 0.805. The molecule has 0 radical (unpaired) electrons. The lowest BCUT2D eigenvalue weighted by Gasteiger charge is -2.08. The van der Waals surface area contributed by atoms with E-state index in [4.69, 9.17) is 5.73 Å². The van der Waals surface area contributed by atoms with Crippen molar-refractivity contribution in [3.8, 4) is 0 Å². The van der Waals surface area contributed by atoms with Gasteiger partial charge in [0, 0.05) is 12.7 Å². The summed E-state index contributed by atoms with van der Waals surface area (Å²) in [4.78, 5) is 4.44. The molecule has 0 aliphatic carbocycles. The lowest BCUT2D eigenvalue weighted by molar-refractivity contribution is 0.837. The van der Waals surface area contributed by atoms with Gasteiger partial charge in [0.25, 0.3) is 0 Å². The first-order chi connectivity index (χ1) is 6.36. The number of hydrogen-bond acceptors (Lipinski definition) is 3. The monoisotopic (exact) mass is 174 g/mol. The Kier molecular flexibility index (Phi) is 1.19. The van der Waals surface area contributed by atoms with E-state index in [2.05, 4.69) is 16.4 Å². The minimum Gasteiger partial charge on any atom is -0.366 e. The maximum Gasteiger partial charge on any atom is 0.138 e. The molecular weight excluding hydrogens is 164 g/mol. The van der Waals surface area contributed by atoms with Gasteiger partial charge in [-0.1, -0.05) is 6.08 Å². The average molecular weight is 174 g/mol. The Labute approximate surface area is 75.8 Å². The first-order valence-electron chi connectivity index (χ1n) is 4.33. The Morgan fingerprint density at radius 1 is 1.62 bits per heavy atom. The molecule has 0 saturated carbocycles. The molecule has 2 aliphatic rings. The van der Waals surface area contributed by atoms with Gasteiger partial charge < -0.3 is 11.1 Å². The molecule has 1 aromatic rings. The molecule has 1 aromatic heterocycles. The molecule has 0 bridgehead atoms. The van der Waals surface area contributed by atoms with Gasteiger partial charge in [0.05, 0.1) is 6.04 Å². The summed E-state index contributed by atoms with van der Waals surface area (Å²) in [6.45, 7) is 0.862. The molecule has 3 N–H and O–H groups in total. The summed E-state index contributed by atoms with van der Waals surface area (Å²) >= 11 is 0. The van der Waals surface area contributed by atoms with Crippen LogP contribution in [0, 0.1) is 0 Å². The van der Waals surface area contributed by atoms with Crippen LogP contribution in [0.15, 0.2) is 12.2 Å². The number of nitrogens with two attached hydrogens (primary N) is 1. The van der Waals surface area contributed by atoms with Gasteiger partial charge >= 0.3 is 0 Å². The number of nitrogens with zero attached hydrogens (tertiary/aromatic N) is 2. The van der Waals surface area contributed by atoms with Crippen molar-refractivity contribution in [3.05, 3.63) is 23.7 Å². The van der Waals surface area contributed by atoms with Gasteiger partial charge in [-0.3, -0.25) is 4.57 Å². The molecule has 0 spiro atoms. The second-order valence-corrected chi connectivity index (χ2v) is 3.22. The molecule has 4 heteroatoms.